The van der Waals surface area contributed by atoms with E-state index in [0.717, 1.165) is 41.5 Å². The van der Waals surface area contributed by atoms with Gasteiger partial charge < -0.3 is 15.0 Å². The molecule has 3 aromatic rings. The van der Waals surface area contributed by atoms with Gasteiger partial charge in [-0.3, -0.25) is 4.79 Å². The van der Waals surface area contributed by atoms with E-state index in [1.165, 1.54) is 12.8 Å². The summed E-state index contributed by atoms with van der Waals surface area (Å²) >= 11 is 0. The van der Waals surface area contributed by atoms with E-state index in [0.29, 0.717) is 24.7 Å². The van der Waals surface area contributed by atoms with Gasteiger partial charge in [0.1, 0.15) is 18.2 Å². The number of nitrogens with zero attached hydrogens (tertiary/aromatic N) is 5. The van der Waals surface area contributed by atoms with Crippen molar-refractivity contribution in [3.8, 4) is 11.6 Å². The summed E-state index contributed by atoms with van der Waals surface area (Å²) in [6, 6.07) is 11.7. The summed E-state index contributed by atoms with van der Waals surface area (Å²) in [6.07, 6.45) is 4.45. The topological polar surface area (TPSA) is 85.2 Å². The Balaban J connectivity index is 1.47. The molecule has 1 amide bonds. The van der Waals surface area contributed by atoms with Crippen LogP contribution in [0.1, 0.15) is 42.0 Å². The molecule has 4 heterocycles. The van der Waals surface area contributed by atoms with E-state index < -0.39 is 0 Å². The SMILES string of the molecule is C=CCOc1ccc([C@@H]2CC(=O)Nc3c2c(C)nn3-c2ccc(N3CCCC3)nn2)cc1. The molecule has 1 saturated heterocycles. The summed E-state index contributed by atoms with van der Waals surface area (Å²) in [6.45, 7) is 8.12. The molecule has 2 aromatic heterocycles. The molecule has 5 rings (SSSR count). The molecule has 164 valence electrons. The highest BCUT2D eigenvalue weighted by Gasteiger charge is 2.33. The van der Waals surface area contributed by atoms with E-state index in [1.54, 1.807) is 10.8 Å². The Morgan fingerprint density at radius 3 is 2.53 bits per heavy atom. The number of amides is 1. The fourth-order valence-corrected chi connectivity index (χ4v) is 4.50. The Morgan fingerprint density at radius 1 is 1.12 bits per heavy atom. The van der Waals surface area contributed by atoms with E-state index in [1.807, 2.05) is 43.3 Å². The first kappa shape index (κ1) is 20.2. The first-order valence-corrected chi connectivity index (χ1v) is 11.0. The zero-order valence-electron chi connectivity index (χ0n) is 18.1. The first-order valence-electron chi connectivity index (χ1n) is 11.0. The first-order chi connectivity index (χ1) is 15.6. The van der Waals surface area contributed by atoms with E-state index in [9.17, 15) is 4.79 Å². The second-order valence-corrected chi connectivity index (χ2v) is 8.18. The quantitative estimate of drug-likeness (QED) is 0.602. The van der Waals surface area contributed by atoms with Crippen LogP contribution >= 0.6 is 0 Å². The number of benzene rings is 1. The monoisotopic (exact) mass is 430 g/mol. The minimum atomic E-state index is -0.0854. The number of rotatable bonds is 6. The molecule has 0 radical (unpaired) electrons. The van der Waals surface area contributed by atoms with Gasteiger partial charge in [0.25, 0.3) is 0 Å². The molecule has 0 spiro atoms. The van der Waals surface area contributed by atoms with Crippen molar-refractivity contribution in [2.24, 2.45) is 0 Å². The third kappa shape index (κ3) is 3.72. The smallest absolute Gasteiger partial charge is 0.226 e. The number of ether oxygens (including phenoxy) is 1. The second kappa shape index (κ2) is 8.45. The fourth-order valence-electron chi connectivity index (χ4n) is 4.50. The van der Waals surface area contributed by atoms with Crippen LogP contribution in [0.4, 0.5) is 11.6 Å². The van der Waals surface area contributed by atoms with Gasteiger partial charge in [-0.05, 0) is 49.6 Å². The van der Waals surface area contributed by atoms with Crippen LogP contribution in [0, 0.1) is 6.92 Å². The van der Waals surface area contributed by atoms with Gasteiger partial charge >= 0.3 is 0 Å². The molecule has 0 bridgehead atoms. The van der Waals surface area contributed by atoms with Gasteiger partial charge in [-0.25, -0.2) is 0 Å². The van der Waals surface area contributed by atoms with Crippen LogP contribution < -0.4 is 15.0 Å². The summed E-state index contributed by atoms with van der Waals surface area (Å²) < 4.78 is 7.28. The summed E-state index contributed by atoms with van der Waals surface area (Å²) in [7, 11) is 0. The van der Waals surface area contributed by atoms with Gasteiger partial charge in [0.05, 0.1) is 5.69 Å². The fraction of sp³-hybridized carbons (Fsp3) is 0.333. The third-order valence-electron chi connectivity index (χ3n) is 6.04. The average Bonchev–Trinajstić information content (AvgIpc) is 3.46. The number of anilines is 2. The average molecular weight is 431 g/mol. The Hall–Kier alpha value is -3.68. The maximum absolute atomic E-state index is 12.6. The highest BCUT2D eigenvalue weighted by atomic mass is 16.5. The van der Waals surface area contributed by atoms with Crippen molar-refractivity contribution in [2.75, 3.05) is 29.9 Å². The lowest BCUT2D eigenvalue weighted by Gasteiger charge is -2.24. The molecule has 0 aliphatic carbocycles. The van der Waals surface area contributed by atoms with Crippen LogP contribution in [0.25, 0.3) is 5.82 Å². The van der Waals surface area contributed by atoms with Crippen molar-refractivity contribution in [3.63, 3.8) is 0 Å². The van der Waals surface area contributed by atoms with Crippen molar-refractivity contribution in [1.29, 1.82) is 0 Å². The van der Waals surface area contributed by atoms with Crippen molar-refractivity contribution >= 4 is 17.5 Å². The maximum atomic E-state index is 12.6. The van der Waals surface area contributed by atoms with Crippen molar-refractivity contribution in [3.05, 3.63) is 65.9 Å². The number of hydrogen-bond acceptors (Lipinski definition) is 6. The van der Waals surface area contributed by atoms with Crippen molar-refractivity contribution in [2.45, 2.75) is 32.1 Å². The Bertz CT molecular complexity index is 1130. The van der Waals surface area contributed by atoms with E-state index >= 15 is 0 Å². The predicted octanol–water partition coefficient (Wildman–Crippen LogP) is 3.61. The van der Waals surface area contributed by atoms with E-state index in [2.05, 4.69) is 27.0 Å². The number of hydrogen-bond donors (Lipinski definition) is 1. The van der Waals surface area contributed by atoms with Crippen molar-refractivity contribution in [1.82, 2.24) is 20.0 Å². The molecular weight excluding hydrogens is 404 g/mol. The summed E-state index contributed by atoms with van der Waals surface area (Å²) in [5.41, 5.74) is 2.92. The molecule has 0 saturated carbocycles. The summed E-state index contributed by atoms with van der Waals surface area (Å²) in [5.74, 6) is 2.78. The number of aryl methyl sites for hydroxylation is 1. The molecule has 32 heavy (non-hydrogen) atoms. The number of carbonyl (C=O) groups excluding carboxylic acids is 1. The van der Waals surface area contributed by atoms with E-state index in [-0.39, 0.29) is 11.8 Å². The molecule has 1 fully saturated rings. The Morgan fingerprint density at radius 2 is 1.84 bits per heavy atom. The van der Waals surface area contributed by atoms with Crippen molar-refractivity contribution < 1.29 is 9.53 Å². The van der Waals surface area contributed by atoms with Gasteiger partial charge in [-0.15, -0.1) is 10.2 Å². The predicted molar refractivity (Wildman–Crippen MR) is 123 cm³/mol. The van der Waals surface area contributed by atoms with Gasteiger partial charge in [0, 0.05) is 31.0 Å². The lowest BCUT2D eigenvalue weighted by Crippen LogP contribution is -2.25. The van der Waals surface area contributed by atoms with Crippen LogP contribution in [0.5, 0.6) is 5.75 Å². The molecule has 8 nitrogen and oxygen atoms in total. The number of aromatic nitrogens is 4. The van der Waals surface area contributed by atoms with Crippen LogP contribution in [0.3, 0.4) is 0 Å². The highest BCUT2D eigenvalue weighted by Crippen LogP contribution is 2.40. The van der Waals surface area contributed by atoms with Crippen LogP contribution in [0.2, 0.25) is 0 Å². The lowest BCUT2D eigenvalue weighted by molar-refractivity contribution is -0.116. The minimum absolute atomic E-state index is 0.0442. The molecule has 0 unspecified atom stereocenters. The number of carbonyl (C=O) groups is 1. The Kier molecular flexibility index (Phi) is 5.34. The maximum Gasteiger partial charge on any atom is 0.226 e. The van der Waals surface area contributed by atoms with Crippen LogP contribution in [-0.2, 0) is 4.79 Å². The zero-order valence-corrected chi connectivity index (χ0v) is 18.1. The van der Waals surface area contributed by atoms with Gasteiger partial charge in [-0.1, -0.05) is 24.8 Å². The largest absolute Gasteiger partial charge is 0.490 e. The van der Waals surface area contributed by atoms with Gasteiger partial charge in [0.15, 0.2) is 11.6 Å². The summed E-state index contributed by atoms with van der Waals surface area (Å²) in [5, 5.41) is 16.5. The van der Waals surface area contributed by atoms with E-state index in [4.69, 9.17) is 9.84 Å². The van der Waals surface area contributed by atoms with Crippen LogP contribution in [-0.4, -0.2) is 45.6 Å². The summed E-state index contributed by atoms with van der Waals surface area (Å²) in [4.78, 5) is 14.8. The number of nitrogens with one attached hydrogen (secondary N) is 1. The molecule has 2 aliphatic rings. The normalized spacial score (nSPS) is 17.7. The molecule has 8 heteroatoms. The molecule has 2 aliphatic heterocycles. The molecule has 1 aromatic carbocycles. The highest BCUT2D eigenvalue weighted by molar-refractivity contribution is 5.95. The van der Waals surface area contributed by atoms with Gasteiger partial charge in [0.2, 0.25) is 5.91 Å². The molecular formula is C24H26N6O2. The van der Waals surface area contributed by atoms with Crippen LogP contribution in [0.15, 0.2) is 49.1 Å². The second-order valence-electron chi connectivity index (χ2n) is 8.18. The zero-order chi connectivity index (χ0) is 22.1. The minimum Gasteiger partial charge on any atom is -0.490 e. The number of fused-ring (bicyclic) bond motifs is 1. The molecule has 1 atom stereocenters. The third-order valence-corrected chi connectivity index (χ3v) is 6.04. The lowest BCUT2D eigenvalue weighted by atomic mass is 9.86. The Labute approximate surface area is 186 Å². The standard InChI is InChI=1S/C24H26N6O2/c1-3-14-32-18-8-6-17(7-9-18)19-15-22(31)25-24-23(19)16(2)28-30(24)21-11-10-20(26-27-21)29-12-4-5-13-29/h3,6-11,19H,1,4-5,12-15H2,2H3,(H,25,31)/t19-/m0/s1. The molecule has 1 N–H and O–H groups in total. The van der Waals surface area contributed by atoms with Gasteiger partial charge in [-0.2, -0.15) is 9.78 Å².